The third-order valence-electron chi connectivity index (χ3n) is 7.89. The maximum absolute atomic E-state index is 13.9. The Morgan fingerprint density at radius 3 is 2.70 bits per heavy atom. The lowest BCUT2D eigenvalue weighted by molar-refractivity contribution is -0.137. The van der Waals surface area contributed by atoms with Gasteiger partial charge in [0, 0.05) is 24.5 Å². The third-order valence-corrected chi connectivity index (χ3v) is 7.89. The molecule has 2 unspecified atom stereocenters. The van der Waals surface area contributed by atoms with Crippen molar-refractivity contribution >= 4 is 16.9 Å². The number of hydrogen-bond donors (Lipinski definition) is 1. The number of methoxy groups -OCH3 is 1. The van der Waals surface area contributed by atoms with Crippen molar-refractivity contribution in [2.45, 2.75) is 57.8 Å². The predicted octanol–water partition coefficient (Wildman–Crippen LogP) is 6.53. The van der Waals surface area contributed by atoms with E-state index in [4.69, 9.17) is 4.74 Å². The molecule has 5 nitrogen and oxygen atoms in total. The van der Waals surface area contributed by atoms with E-state index in [-0.39, 0.29) is 12.2 Å². The summed E-state index contributed by atoms with van der Waals surface area (Å²) in [5.74, 6) is 0.980. The van der Waals surface area contributed by atoms with E-state index >= 15 is 0 Å². The van der Waals surface area contributed by atoms with E-state index in [9.17, 15) is 14.3 Å². The number of hydrogen-bond acceptors (Lipinski definition) is 4. The first kappa shape index (κ1) is 27.1. The van der Waals surface area contributed by atoms with Crippen LogP contribution in [-0.4, -0.2) is 47.7 Å². The molecule has 1 aliphatic heterocycles. The summed E-state index contributed by atoms with van der Waals surface area (Å²) >= 11 is 0. The molecule has 4 rings (SSSR count). The highest BCUT2D eigenvalue weighted by Gasteiger charge is 2.29. The first-order valence-electron chi connectivity index (χ1n) is 13.6. The van der Waals surface area contributed by atoms with Crippen molar-refractivity contribution in [2.24, 2.45) is 11.8 Å². The van der Waals surface area contributed by atoms with Gasteiger partial charge in [-0.15, -0.1) is 0 Å². The smallest absolute Gasteiger partial charge is 0.303 e. The van der Waals surface area contributed by atoms with Crippen molar-refractivity contribution in [2.75, 3.05) is 26.7 Å². The molecular formula is C31H39FN2O3. The van der Waals surface area contributed by atoms with Crippen molar-refractivity contribution in [1.82, 2.24) is 9.88 Å². The molecule has 2 aromatic carbocycles. The average molecular weight is 507 g/mol. The van der Waals surface area contributed by atoms with Crippen molar-refractivity contribution in [3.8, 4) is 5.75 Å². The molecule has 0 bridgehead atoms. The molecule has 37 heavy (non-hydrogen) atoms. The summed E-state index contributed by atoms with van der Waals surface area (Å²) in [5, 5.41) is 10.5. The van der Waals surface area contributed by atoms with Crippen LogP contribution in [0.2, 0.25) is 0 Å². The van der Waals surface area contributed by atoms with Crippen LogP contribution >= 0.6 is 0 Å². The zero-order valence-electron chi connectivity index (χ0n) is 21.9. The van der Waals surface area contributed by atoms with E-state index in [1.807, 2.05) is 30.5 Å². The Hall–Kier alpha value is -2.99. The van der Waals surface area contributed by atoms with Gasteiger partial charge in [0.15, 0.2) is 0 Å². The first-order chi connectivity index (χ1) is 18.0. The summed E-state index contributed by atoms with van der Waals surface area (Å²) < 4.78 is 19.3. The first-order valence-corrected chi connectivity index (χ1v) is 13.6. The van der Waals surface area contributed by atoms with Crippen LogP contribution in [0.5, 0.6) is 5.75 Å². The van der Waals surface area contributed by atoms with Gasteiger partial charge in [-0.25, -0.2) is 4.39 Å². The highest BCUT2D eigenvalue weighted by Crippen LogP contribution is 2.32. The summed E-state index contributed by atoms with van der Waals surface area (Å²) in [4.78, 5) is 18.3. The predicted molar refractivity (Wildman–Crippen MR) is 145 cm³/mol. The van der Waals surface area contributed by atoms with Gasteiger partial charge < -0.3 is 14.7 Å². The number of pyridine rings is 1. The number of aryl methyl sites for hydroxylation is 2. The molecule has 1 aliphatic rings. The second kappa shape index (κ2) is 13.5. The number of nitrogens with zero attached hydrogens (tertiary/aromatic N) is 2. The molecule has 0 saturated carbocycles. The maximum atomic E-state index is 13.9. The number of fused-ring (bicyclic) bond motifs is 1. The zero-order chi connectivity index (χ0) is 26.0. The van der Waals surface area contributed by atoms with Crippen molar-refractivity contribution in [1.29, 1.82) is 0 Å². The second-order valence-corrected chi connectivity index (χ2v) is 10.3. The van der Waals surface area contributed by atoms with Gasteiger partial charge in [0.2, 0.25) is 0 Å². The molecule has 0 amide bonds. The van der Waals surface area contributed by atoms with Gasteiger partial charge in [0.05, 0.1) is 12.6 Å². The number of likely N-dealkylation sites (tertiary alicyclic amines) is 1. The fourth-order valence-electron chi connectivity index (χ4n) is 5.81. The molecule has 1 N–H and O–H groups in total. The standard InChI is InChI=1S/C31H39FN2O3/c1-37-27-13-14-30-28(21-27)24(16-18-33-30)10-6-9-23-17-20-34(22-26(23)12-15-31(35)36)19-5-4-8-25-7-2-3-11-29(25)32/h2-3,7,11,13-14,16,18,21,23,26H,4-6,8-10,12,15,17,19-20,22H2,1H3,(H,35,36). The molecule has 3 aromatic rings. The lowest BCUT2D eigenvalue weighted by Crippen LogP contribution is -2.41. The van der Waals surface area contributed by atoms with E-state index in [0.717, 1.165) is 93.2 Å². The molecule has 6 heteroatoms. The van der Waals surface area contributed by atoms with Gasteiger partial charge in [-0.3, -0.25) is 9.78 Å². The van der Waals surface area contributed by atoms with Gasteiger partial charge in [0.1, 0.15) is 11.6 Å². The minimum absolute atomic E-state index is 0.115. The number of halogens is 1. The summed E-state index contributed by atoms with van der Waals surface area (Å²) in [7, 11) is 1.68. The van der Waals surface area contributed by atoms with E-state index in [1.54, 1.807) is 13.2 Å². The fraction of sp³-hybridized carbons (Fsp3) is 0.484. The lowest BCUT2D eigenvalue weighted by atomic mass is 9.79. The lowest BCUT2D eigenvalue weighted by Gasteiger charge is -2.39. The summed E-state index contributed by atoms with van der Waals surface area (Å²) in [6.07, 6.45) is 9.89. The number of rotatable bonds is 13. The van der Waals surface area contributed by atoms with Gasteiger partial charge >= 0.3 is 5.97 Å². The van der Waals surface area contributed by atoms with Crippen molar-refractivity contribution in [3.63, 3.8) is 0 Å². The maximum Gasteiger partial charge on any atom is 0.303 e. The zero-order valence-corrected chi connectivity index (χ0v) is 21.9. The highest BCUT2D eigenvalue weighted by molar-refractivity contribution is 5.83. The van der Waals surface area contributed by atoms with E-state index in [0.29, 0.717) is 11.8 Å². The van der Waals surface area contributed by atoms with Crippen molar-refractivity contribution in [3.05, 3.63) is 71.7 Å². The molecule has 1 saturated heterocycles. The Kier molecular flexibility index (Phi) is 9.89. The van der Waals surface area contributed by atoms with Crippen LogP contribution in [0, 0.1) is 17.7 Å². The van der Waals surface area contributed by atoms with Crippen LogP contribution in [0.25, 0.3) is 10.9 Å². The molecule has 2 heterocycles. The number of piperidine rings is 1. The molecule has 0 aliphatic carbocycles. The Morgan fingerprint density at radius 2 is 1.89 bits per heavy atom. The molecule has 1 aromatic heterocycles. The van der Waals surface area contributed by atoms with Gasteiger partial charge in [0.25, 0.3) is 0 Å². The van der Waals surface area contributed by atoms with E-state index < -0.39 is 5.97 Å². The van der Waals surface area contributed by atoms with E-state index in [2.05, 4.69) is 22.0 Å². The number of unbranched alkanes of at least 4 members (excludes halogenated alkanes) is 1. The van der Waals surface area contributed by atoms with Crippen molar-refractivity contribution < 1.29 is 19.0 Å². The Labute approximate surface area is 219 Å². The van der Waals surface area contributed by atoms with E-state index in [1.165, 1.54) is 11.6 Å². The van der Waals surface area contributed by atoms with Crippen LogP contribution in [0.15, 0.2) is 54.7 Å². The Bertz CT molecular complexity index is 1170. The molecular weight excluding hydrogens is 467 g/mol. The van der Waals surface area contributed by atoms with Gasteiger partial charge in [-0.2, -0.15) is 0 Å². The van der Waals surface area contributed by atoms with Crippen LogP contribution in [0.3, 0.4) is 0 Å². The van der Waals surface area contributed by atoms with Crippen LogP contribution in [-0.2, 0) is 17.6 Å². The summed E-state index contributed by atoms with van der Waals surface area (Å²) in [6.45, 7) is 3.02. The number of aliphatic carboxylic acids is 1. The highest BCUT2D eigenvalue weighted by atomic mass is 19.1. The minimum atomic E-state index is -0.710. The molecule has 198 valence electrons. The number of ether oxygens (including phenoxy) is 1. The number of benzene rings is 2. The molecule has 0 spiro atoms. The summed E-state index contributed by atoms with van der Waals surface area (Å²) in [6, 6.07) is 15.1. The second-order valence-electron chi connectivity index (χ2n) is 10.3. The molecule has 2 atom stereocenters. The topological polar surface area (TPSA) is 62.7 Å². The minimum Gasteiger partial charge on any atom is -0.497 e. The largest absolute Gasteiger partial charge is 0.497 e. The van der Waals surface area contributed by atoms with Crippen LogP contribution < -0.4 is 4.74 Å². The van der Waals surface area contributed by atoms with Gasteiger partial charge in [-0.05, 0) is 118 Å². The van der Waals surface area contributed by atoms with Crippen LogP contribution in [0.1, 0.15) is 56.1 Å². The number of carboxylic acids is 1. The number of aromatic nitrogens is 1. The SMILES string of the molecule is COc1ccc2nccc(CCCC3CCN(CCCCc4ccccc4F)CC3CCC(=O)O)c2c1. The van der Waals surface area contributed by atoms with Crippen LogP contribution in [0.4, 0.5) is 4.39 Å². The quantitative estimate of drug-likeness (QED) is 0.267. The number of carboxylic acid groups (broad SMARTS) is 1. The number of carbonyl (C=O) groups is 1. The average Bonchev–Trinajstić information content (AvgIpc) is 2.91. The molecule has 0 radical (unpaired) electrons. The van der Waals surface area contributed by atoms with Gasteiger partial charge in [-0.1, -0.05) is 18.2 Å². The molecule has 1 fully saturated rings. The normalized spacial score (nSPS) is 18.2. The Balaban J connectivity index is 1.28. The summed E-state index contributed by atoms with van der Waals surface area (Å²) in [5.41, 5.74) is 3.07. The fourth-order valence-corrected chi connectivity index (χ4v) is 5.81. The third kappa shape index (κ3) is 7.75. The Morgan fingerprint density at radius 1 is 1.05 bits per heavy atom. The monoisotopic (exact) mass is 506 g/mol.